The van der Waals surface area contributed by atoms with E-state index in [0.717, 1.165) is 31.7 Å². The van der Waals surface area contributed by atoms with Gasteiger partial charge < -0.3 is 14.8 Å². The van der Waals surface area contributed by atoms with Crippen LogP contribution >= 0.6 is 11.8 Å². The Labute approximate surface area is 121 Å². The molecule has 4 atom stereocenters. The Morgan fingerprint density at radius 3 is 3.00 bits per heavy atom. The molecule has 3 aliphatic heterocycles. The van der Waals surface area contributed by atoms with E-state index in [-0.39, 0.29) is 5.60 Å². The van der Waals surface area contributed by atoms with Crippen molar-refractivity contribution in [3.63, 3.8) is 0 Å². The average molecular weight is 285 g/mol. The molecule has 0 radical (unpaired) electrons. The molecule has 3 rings (SSSR count). The van der Waals surface area contributed by atoms with Gasteiger partial charge in [0.15, 0.2) is 0 Å². The summed E-state index contributed by atoms with van der Waals surface area (Å²) in [6.45, 7) is 2.91. The van der Waals surface area contributed by atoms with Gasteiger partial charge in [-0.2, -0.15) is 11.8 Å². The molecule has 0 bridgehead atoms. The van der Waals surface area contributed by atoms with E-state index >= 15 is 0 Å². The fraction of sp³-hybridized carbons (Fsp3) is 1.00. The fourth-order valence-corrected chi connectivity index (χ4v) is 5.32. The lowest BCUT2D eigenvalue weighted by Gasteiger charge is -2.41. The highest BCUT2D eigenvalue weighted by Gasteiger charge is 2.42. The summed E-state index contributed by atoms with van der Waals surface area (Å²) >= 11 is 2.07. The normalized spacial score (nSPS) is 40.9. The lowest BCUT2D eigenvalue weighted by Crippen LogP contribution is -2.46. The predicted octanol–water partition coefficient (Wildman–Crippen LogP) is 2.30. The molecule has 3 nitrogen and oxygen atoms in total. The van der Waals surface area contributed by atoms with E-state index in [1.165, 1.54) is 43.6 Å². The second-order valence-corrected chi connectivity index (χ2v) is 7.55. The standard InChI is InChI=1S/C15H27NO2S/c1-16-14(8-12-2-5-17-10-12)13-3-6-18-15(9-13)4-7-19-11-15/h12-14,16H,2-11H2,1H3. The molecule has 0 saturated carbocycles. The van der Waals surface area contributed by atoms with Crippen molar-refractivity contribution in [1.82, 2.24) is 5.32 Å². The van der Waals surface area contributed by atoms with Crippen LogP contribution in [0.5, 0.6) is 0 Å². The Morgan fingerprint density at radius 1 is 1.37 bits per heavy atom. The van der Waals surface area contributed by atoms with Gasteiger partial charge in [0.05, 0.1) is 5.60 Å². The first-order chi connectivity index (χ1) is 9.31. The summed E-state index contributed by atoms with van der Waals surface area (Å²) in [5.41, 5.74) is 0.217. The first kappa shape index (κ1) is 14.2. The largest absolute Gasteiger partial charge is 0.381 e. The van der Waals surface area contributed by atoms with Crippen LogP contribution < -0.4 is 5.32 Å². The van der Waals surface area contributed by atoms with Crippen LogP contribution in [-0.2, 0) is 9.47 Å². The second-order valence-electron chi connectivity index (χ2n) is 6.45. The molecule has 0 aliphatic carbocycles. The summed E-state index contributed by atoms with van der Waals surface area (Å²) in [5.74, 6) is 4.06. The molecule has 0 amide bonds. The molecule has 110 valence electrons. The molecular weight excluding hydrogens is 258 g/mol. The van der Waals surface area contributed by atoms with Crippen molar-refractivity contribution in [3.05, 3.63) is 0 Å². The number of hydrogen-bond acceptors (Lipinski definition) is 4. The number of nitrogens with one attached hydrogen (secondary N) is 1. The van der Waals surface area contributed by atoms with Crippen molar-refractivity contribution in [3.8, 4) is 0 Å². The van der Waals surface area contributed by atoms with Gasteiger partial charge in [-0.25, -0.2) is 0 Å². The third-order valence-electron chi connectivity index (χ3n) is 5.15. The lowest BCUT2D eigenvalue weighted by molar-refractivity contribution is -0.0858. The van der Waals surface area contributed by atoms with Gasteiger partial charge in [0.25, 0.3) is 0 Å². The predicted molar refractivity (Wildman–Crippen MR) is 79.7 cm³/mol. The zero-order chi connectivity index (χ0) is 13.1. The zero-order valence-corrected chi connectivity index (χ0v) is 12.8. The van der Waals surface area contributed by atoms with E-state index < -0.39 is 0 Å². The molecule has 19 heavy (non-hydrogen) atoms. The molecule has 0 aromatic heterocycles. The third kappa shape index (κ3) is 3.29. The molecule has 3 heterocycles. The van der Waals surface area contributed by atoms with E-state index in [1.54, 1.807) is 0 Å². The van der Waals surface area contributed by atoms with Crippen LogP contribution in [0.3, 0.4) is 0 Å². The maximum atomic E-state index is 6.15. The van der Waals surface area contributed by atoms with E-state index in [9.17, 15) is 0 Å². The van der Waals surface area contributed by atoms with Crippen molar-refractivity contribution in [2.24, 2.45) is 11.8 Å². The average Bonchev–Trinajstić information content (AvgIpc) is 3.08. The van der Waals surface area contributed by atoms with Gasteiger partial charge in [-0.15, -0.1) is 0 Å². The monoisotopic (exact) mass is 285 g/mol. The second kappa shape index (κ2) is 6.33. The fourth-order valence-electron chi connectivity index (χ4n) is 3.95. The van der Waals surface area contributed by atoms with Crippen LogP contribution in [-0.4, -0.2) is 50.0 Å². The Kier molecular flexibility index (Phi) is 4.73. The van der Waals surface area contributed by atoms with Crippen LogP contribution in [0.15, 0.2) is 0 Å². The first-order valence-electron chi connectivity index (χ1n) is 7.78. The molecule has 0 aromatic carbocycles. The van der Waals surface area contributed by atoms with Crippen LogP contribution in [0.4, 0.5) is 0 Å². The van der Waals surface area contributed by atoms with Crippen LogP contribution in [0.25, 0.3) is 0 Å². The van der Waals surface area contributed by atoms with Crippen LogP contribution in [0.2, 0.25) is 0 Å². The highest BCUT2D eigenvalue weighted by molar-refractivity contribution is 7.99. The molecule has 3 fully saturated rings. The minimum absolute atomic E-state index is 0.217. The minimum Gasteiger partial charge on any atom is -0.381 e. The van der Waals surface area contributed by atoms with Crippen molar-refractivity contribution in [1.29, 1.82) is 0 Å². The van der Waals surface area contributed by atoms with Crippen molar-refractivity contribution < 1.29 is 9.47 Å². The number of thioether (sulfide) groups is 1. The summed E-state index contributed by atoms with van der Waals surface area (Å²) in [6.07, 6.45) is 6.29. The highest BCUT2D eigenvalue weighted by atomic mass is 32.2. The summed E-state index contributed by atoms with van der Waals surface area (Å²) < 4.78 is 11.7. The van der Waals surface area contributed by atoms with Crippen LogP contribution in [0.1, 0.15) is 32.1 Å². The van der Waals surface area contributed by atoms with E-state index in [0.29, 0.717) is 6.04 Å². The molecule has 1 N–H and O–H groups in total. The van der Waals surface area contributed by atoms with Gasteiger partial charge in [-0.3, -0.25) is 0 Å². The molecule has 1 spiro atoms. The number of rotatable bonds is 4. The molecular formula is C15H27NO2S. The van der Waals surface area contributed by atoms with Gasteiger partial charge in [0.1, 0.15) is 0 Å². The third-order valence-corrected chi connectivity index (χ3v) is 6.37. The van der Waals surface area contributed by atoms with Crippen LogP contribution in [0, 0.1) is 11.8 Å². The van der Waals surface area contributed by atoms with Crippen molar-refractivity contribution >= 4 is 11.8 Å². The quantitative estimate of drug-likeness (QED) is 0.858. The number of ether oxygens (including phenoxy) is 2. The topological polar surface area (TPSA) is 30.5 Å². The summed E-state index contributed by atoms with van der Waals surface area (Å²) in [6, 6.07) is 0.651. The van der Waals surface area contributed by atoms with Crippen molar-refractivity contribution in [2.45, 2.75) is 43.7 Å². The maximum absolute atomic E-state index is 6.15. The van der Waals surface area contributed by atoms with Gasteiger partial charge in [0.2, 0.25) is 0 Å². The smallest absolute Gasteiger partial charge is 0.0783 e. The van der Waals surface area contributed by atoms with Crippen molar-refractivity contribution in [2.75, 3.05) is 38.4 Å². The van der Waals surface area contributed by atoms with E-state index in [2.05, 4.69) is 24.1 Å². The molecule has 4 heteroatoms. The molecule has 3 aliphatic rings. The molecule has 0 aromatic rings. The lowest BCUT2D eigenvalue weighted by atomic mass is 9.78. The van der Waals surface area contributed by atoms with E-state index in [1.807, 2.05) is 0 Å². The number of hydrogen-bond donors (Lipinski definition) is 1. The summed E-state index contributed by atoms with van der Waals surface area (Å²) in [4.78, 5) is 0. The Balaban J connectivity index is 1.58. The van der Waals surface area contributed by atoms with Gasteiger partial charge >= 0.3 is 0 Å². The van der Waals surface area contributed by atoms with Gasteiger partial charge in [-0.05, 0) is 56.7 Å². The molecule has 4 unspecified atom stereocenters. The van der Waals surface area contributed by atoms with Gasteiger partial charge in [-0.1, -0.05) is 0 Å². The first-order valence-corrected chi connectivity index (χ1v) is 8.93. The zero-order valence-electron chi connectivity index (χ0n) is 12.0. The SMILES string of the molecule is CNC(CC1CCOC1)C1CCOC2(CCSC2)C1. The highest BCUT2D eigenvalue weighted by Crippen LogP contribution is 2.42. The summed E-state index contributed by atoms with van der Waals surface area (Å²) in [5, 5.41) is 3.59. The Bertz CT molecular complexity index is 288. The Hall–Kier alpha value is 0.230. The maximum Gasteiger partial charge on any atom is 0.0783 e. The summed E-state index contributed by atoms with van der Waals surface area (Å²) in [7, 11) is 2.13. The van der Waals surface area contributed by atoms with E-state index in [4.69, 9.17) is 9.47 Å². The minimum atomic E-state index is 0.217. The van der Waals surface area contributed by atoms with Gasteiger partial charge in [0, 0.05) is 31.6 Å². The molecule has 3 saturated heterocycles. The Morgan fingerprint density at radius 2 is 2.32 bits per heavy atom.